The van der Waals surface area contributed by atoms with Gasteiger partial charge in [0, 0.05) is 50.2 Å². The fourth-order valence-electron chi connectivity index (χ4n) is 5.34. The summed E-state index contributed by atoms with van der Waals surface area (Å²) in [5.41, 5.74) is 0.636. The average molecular weight is 522 g/mol. The molecule has 0 bridgehead atoms. The van der Waals surface area contributed by atoms with Gasteiger partial charge in [0.1, 0.15) is 11.6 Å². The third kappa shape index (κ3) is 5.18. The van der Waals surface area contributed by atoms with Crippen molar-refractivity contribution in [3.63, 3.8) is 0 Å². The van der Waals surface area contributed by atoms with Crippen molar-refractivity contribution in [2.75, 3.05) is 19.6 Å². The van der Waals surface area contributed by atoms with Gasteiger partial charge in [0.2, 0.25) is 5.91 Å². The minimum atomic E-state index is -0.809. The number of pyridine rings is 1. The minimum Gasteiger partial charge on any atom is -0.355 e. The van der Waals surface area contributed by atoms with Crippen molar-refractivity contribution in [2.24, 2.45) is 11.8 Å². The summed E-state index contributed by atoms with van der Waals surface area (Å²) < 4.78 is 32.6. The summed E-state index contributed by atoms with van der Waals surface area (Å²) in [6.45, 7) is 2.31. The molecule has 10 heteroatoms. The van der Waals surface area contributed by atoms with Gasteiger partial charge in [-0.25, -0.2) is 8.78 Å². The molecule has 8 nitrogen and oxygen atoms in total. The van der Waals surface area contributed by atoms with Crippen LogP contribution in [-0.4, -0.2) is 52.5 Å². The quantitative estimate of drug-likeness (QED) is 0.470. The van der Waals surface area contributed by atoms with Gasteiger partial charge >= 0.3 is 0 Å². The molecule has 0 spiro atoms. The molecule has 6 rings (SSSR count). The molecule has 2 saturated carbocycles. The van der Waals surface area contributed by atoms with Crippen LogP contribution < -0.4 is 10.6 Å². The van der Waals surface area contributed by atoms with Crippen molar-refractivity contribution >= 4 is 11.8 Å². The number of aromatic nitrogens is 2. The van der Waals surface area contributed by atoms with Gasteiger partial charge in [-0.1, -0.05) is 5.16 Å². The van der Waals surface area contributed by atoms with Crippen LogP contribution in [0.5, 0.6) is 0 Å². The molecule has 3 aliphatic rings. The Morgan fingerprint density at radius 3 is 2.58 bits per heavy atom. The Morgan fingerprint density at radius 2 is 1.87 bits per heavy atom. The molecule has 1 aliphatic heterocycles. The molecule has 2 atom stereocenters. The Balaban J connectivity index is 1.17. The molecule has 3 aromatic rings. The van der Waals surface area contributed by atoms with Crippen LogP contribution in [0.4, 0.5) is 8.78 Å². The fourth-order valence-corrected chi connectivity index (χ4v) is 5.34. The van der Waals surface area contributed by atoms with E-state index >= 15 is 0 Å². The molecule has 38 heavy (non-hydrogen) atoms. The maximum atomic E-state index is 14.2. The normalized spacial score (nSPS) is 22.6. The Labute approximate surface area is 218 Å². The molecule has 0 radical (unpaired) electrons. The first kappa shape index (κ1) is 24.7. The van der Waals surface area contributed by atoms with E-state index in [0.717, 1.165) is 43.6 Å². The zero-order valence-electron chi connectivity index (χ0n) is 20.8. The number of hydrogen-bond donors (Lipinski definition) is 2. The van der Waals surface area contributed by atoms with E-state index in [1.54, 1.807) is 12.4 Å². The number of halogens is 2. The maximum absolute atomic E-state index is 14.2. The number of rotatable bonds is 8. The number of benzene rings is 1. The van der Waals surface area contributed by atoms with Crippen molar-refractivity contribution in [3.05, 3.63) is 71.7 Å². The molecule has 198 valence electrons. The molecule has 2 N–H and O–H groups in total. The van der Waals surface area contributed by atoms with E-state index < -0.39 is 29.5 Å². The van der Waals surface area contributed by atoms with Gasteiger partial charge in [0.15, 0.2) is 11.5 Å². The van der Waals surface area contributed by atoms with E-state index in [9.17, 15) is 18.4 Å². The number of amides is 2. The zero-order chi connectivity index (χ0) is 26.3. The lowest BCUT2D eigenvalue weighted by Crippen LogP contribution is -2.57. The lowest BCUT2D eigenvalue weighted by Gasteiger charge is -2.38. The molecule has 2 amide bonds. The molecule has 2 aliphatic carbocycles. The van der Waals surface area contributed by atoms with Crippen molar-refractivity contribution in [1.82, 2.24) is 25.7 Å². The highest BCUT2D eigenvalue weighted by Crippen LogP contribution is 2.45. The van der Waals surface area contributed by atoms with E-state index in [0.29, 0.717) is 18.9 Å². The second-order valence-corrected chi connectivity index (χ2v) is 10.7. The summed E-state index contributed by atoms with van der Waals surface area (Å²) in [6, 6.07) is 7.88. The number of piperidine rings is 1. The predicted octanol–water partition coefficient (Wildman–Crippen LogP) is 3.65. The topological polar surface area (TPSA) is 100 Å². The molecular formula is C28H29F2N5O3. The second kappa shape index (κ2) is 9.90. The highest BCUT2D eigenvalue weighted by Gasteiger charge is 2.48. The number of nitrogens with one attached hydrogen (secondary N) is 2. The first-order chi connectivity index (χ1) is 18.4. The Bertz CT molecular complexity index is 1340. The molecule has 1 saturated heterocycles. The summed E-state index contributed by atoms with van der Waals surface area (Å²) in [6.07, 6.45) is 8.25. The lowest BCUT2D eigenvalue weighted by molar-refractivity contribution is -0.128. The van der Waals surface area contributed by atoms with Crippen molar-refractivity contribution in [1.29, 1.82) is 0 Å². The van der Waals surface area contributed by atoms with Crippen LogP contribution in [0.25, 0.3) is 11.3 Å². The fraction of sp³-hybridized carbons (Fsp3) is 0.429. The van der Waals surface area contributed by atoms with Gasteiger partial charge in [-0.05, 0) is 67.9 Å². The highest BCUT2D eigenvalue weighted by atomic mass is 19.1. The number of carbonyl (C=O) groups excluding carboxylic acids is 2. The SMILES string of the molecule is O=C(N[C@H]1CCN(CC2CC2)C[C@@H]1C(=O)NC1(c2ccncc2)CC1)c1cc(-c2ccc(F)cc2F)on1. The van der Waals surface area contributed by atoms with Gasteiger partial charge in [-0.2, -0.15) is 0 Å². The monoisotopic (exact) mass is 521 g/mol. The number of carbonyl (C=O) groups is 2. The van der Waals surface area contributed by atoms with Gasteiger partial charge in [-0.15, -0.1) is 0 Å². The van der Waals surface area contributed by atoms with Crippen molar-refractivity contribution in [2.45, 2.75) is 43.7 Å². The van der Waals surface area contributed by atoms with Crippen LogP contribution in [0.1, 0.15) is 48.2 Å². The summed E-state index contributed by atoms with van der Waals surface area (Å²) >= 11 is 0. The van der Waals surface area contributed by atoms with Gasteiger partial charge < -0.3 is 20.1 Å². The average Bonchev–Trinajstić information content (AvgIpc) is 3.84. The summed E-state index contributed by atoms with van der Waals surface area (Å²) in [7, 11) is 0. The van der Waals surface area contributed by atoms with Gasteiger partial charge in [0.25, 0.3) is 5.91 Å². The van der Waals surface area contributed by atoms with E-state index in [1.807, 2.05) is 12.1 Å². The van der Waals surface area contributed by atoms with Crippen LogP contribution >= 0.6 is 0 Å². The van der Waals surface area contributed by atoms with Crippen LogP contribution in [-0.2, 0) is 10.3 Å². The lowest BCUT2D eigenvalue weighted by atomic mass is 9.90. The first-order valence-corrected chi connectivity index (χ1v) is 13.1. The summed E-state index contributed by atoms with van der Waals surface area (Å²) in [5, 5.41) is 10.0. The van der Waals surface area contributed by atoms with Gasteiger partial charge in [0.05, 0.1) is 17.0 Å². The number of nitrogens with zero attached hydrogens (tertiary/aromatic N) is 3. The van der Waals surface area contributed by atoms with Crippen LogP contribution in [0.2, 0.25) is 0 Å². The highest BCUT2D eigenvalue weighted by molar-refractivity contribution is 5.94. The minimum absolute atomic E-state index is 0.00873. The summed E-state index contributed by atoms with van der Waals surface area (Å²) in [5.74, 6) is -1.83. The molecule has 2 aromatic heterocycles. The van der Waals surface area contributed by atoms with Gasteiger partial charge in [-0.3, -0.25) is 14.6 Å². The van der Waals surface area contributed by atoms with Crippen LogP contribution in [0, 0.1) is 23.5 Å². The molecule has 3 heterocycles. The van der Waals surface area contributed by atoms with E-state index in [2.05, 4.69) is 25.7 Å². The molecule has 1 aromatic carbocycles. The number of hydrogen-bond acceptors (Lipinski definition) is 6. The van der Waals surface area contributed by atoms with E-state index in [-0.39, 0.29) is 28.5 Å². The second-order valence-electron chi connectivity index (χ2n) is 10.7. The summed E-state index contributed by atoms with van der Waals surface area (Å²) in [4.78, 5) is 33.2. The van der Waals surface area contributed by atoms with E-state index in [1.165, 1.54) is 25.0 Å². The maximum Gasteiger partial charge on any atom is 0.273 e. The third-order valence-electron chi connectivity index (χ3n) is 7.85. The Morgan fingerprint density at radius 1 is 1.08 bits per heavy atom. The molecule has 0 unspecified atom stereocenters. The zero-order valence-corrected chi connectivity index (χ0v) is 20.8. The smallest absolute Gasteiger partial charge is 0.273 e. The van der Waals surface area contributed by atoms with Crippen LogP contribution in [0.15, 0.2) is 53.3 Å². The number of likely N-dealkylation sites (tertiary alicyclic amines) is 1. The largest absolute Gasteiger partial charge is 0.355 e. The Hall–Kier alpha value is -3.66. The van der Waals surface area contributed by atoms with Crippen molar-refractivity contribution in [3.8, 4) is 11.3 Å². The van der Waals surface area contributed by atoms with Crippen molar-refractivity contribution < 1.29 is 22.9 Å². The Kier molecular flexibility index (Phi) is 6.43. The molecule has 3 fully saturated rings. The standard InChI is InChI=1S/C28H29F2N5O3/c29-19-3-4-20(22(30)13-19)25-14-24(34-38-25)27(37)32-23-7-12-35(15-17-1-2-17)16-21(23)26(36)33-28(8-9-28)18-5-10-31-11-6-18/h3-6,10-11,13-14,17,21,23H,1-2,7-9,12,15-16H2,(H,32,37)(H,33,36)/t21-,23-/m0/s1. The van der Waals surface area contributed by atoms with Crippen LogP contribution in [0.3, 0.4) is 0 Å². The first-order valence-electron chi connectivity index (χ1n) is 13.1. The predicted molar refractivity (Wildman–Crippen MR) is 134 cm³/mol. The third-order valence-corrected chi connectivity index (χ3v) is 7.85. The van der Waals surface area contributed by atoms with E-state index in [4.69, 9.17) is 4.52 Å². The molecular weight excluding hydrogens is 492 g/mol.